The fourth-order valence-electron chi connectivity index (χ4n) is 3.80. The summed E-state index contributed by atoms with van der Waals surface area (Å²) in [7, 11) is 4.84. The van der Waals surface area contributed by atoms with E-state index in [0.717, 1.165) is 33.6 Å². The number of imidazole rings is 1. The summed E-state index contributed by atoms with van der Waals surface area (Å²) in [6, 6.07) is 17.0. The number of nitrogens with one attached hydrogen (secondary N) is 2. The highest BCUT2D eigenvalue weighted by molar-refractivity contribution is 6.33. The van der Waals surface area contributed by atoms with E-state index in [0.29, 0.717) is 33.7 Å². The Balaban J connectivity index is 1.50. The SMILES string of the molecule is COc1cccc(-c2cnc(-c3cc(Nc4ncnc5c(OC)cc(OC)cc45)ccc3Cl)[nH]2)c1. The number of ether oxygens (including phenoxy) is 3. The molecule has 2 N–H and O–H groups in total. The molecule has 0 atom stereocenters. The third kappa shape index (κ3) is 4.43. The molecule has 3 aromatic carbocycles. The molecular formula is C26H22ClN5O3. The van der Waals surface area contributed by atoms with E-state index in [2.05, 4.69) is 25.3 Å². The van der Waals surface area contributed by atoms with Crippen molar-refractivity contribution in [3.05, 3.63) is 72.1 Å². The number of halogens is 1. The number of methoxy groups -OCH3 is 3. The van der Waals surface area contributed by atoms with Gasteiger partial charge in [-0.25, -0.2) is 15.0 Å². The molecule has 8 nitrogen and oxygen atoms in total. The summed E-state index contributed by atoms with van der Waals surface area (Å²) in [5.41, 5.74) is 4.02. The number of aromatic nitrogens is 4. The normalized spacial score (nSPS) is 10.9. The van der Waals surface area contributed by atoms with Crippen LogP contribution in [0.1, 0.15) is 0 Å². The molecule has 0 unspecified atom stereocenters. The third-order valence-electron chi connectivity index (χ3n) is 5.57. The van der Waals surface area contributed by atoms with Crippen molar-refractivity contribution >= 4 is 34.0 Å². The smallest absolute Gasteiger partial charge is 0.148 e. The minimum absolute atomic E-state index is 0.568. The first kappa shape index (κ1) is 22.5. The van der Waals surface area contributed by atoms with Crippen LogP contribution in [0.5, 0.6) is 17.2 Å². The van der Waals surface area contributed by atoms with Gasteiger partial charge in [0.1, 0.15) is 40.7 Å². The van der Waals surface area contributed by atoms with E-state index >= 15 is 0 Å². The Morgan fingerprint density at radius 1 is 0.857 bits per heavy atom. The van der Waals surface area contributed by atoms with Crippen molar-refractivity contribution in [1.29, 1.82) is 0 Å². The van der Waals surface area contributed by atoms with Gasteiger partial charge in [-0.1, -0.05) is 23.7 Å². The Labute approximate surface area is 206 Å². The first-order valence-corrected chi connectivity index (χ1v) is 11.1. The predicted octanol–water partition coefficient (Wildman–Crippen LogP) is 6.11. The van der Waals surface area contributed by atoms with Crippen molar-refractivity contribution in [1.82, 2.24) is 19.9 Å². The van der Waals surface area contributed by atoms with Crippen molar-refractivity contribution in [2.24, 2.45) is 0 Å². The lowest BCUT2D eigenvalue weighted by atomic mass is 10.1. The molecule has 0 aliphatic carbocycles. The summed E-state index contributed by atoms with van der Waals surface area (Å²) in [6.45, 7) is 0. The fourth-order valence-corrected chi connectivity index (χ4v) is 4.01. The highest BCUT2D eigenvalue weighted by atomic mass is 35.5. The van der Waals surface area contributed by atoms with Crippen molar-refractivity contribution in [2.45, 2.75) is 0 Å². The van der Waals surface area contributed by atoms with Crippen LogP contribution in [0.4, 0.5) is 11.5 Å². The predicted molar refractivity (Wildman–Crippen MR) is 137 cm³/mol. The summed E-state index contributed by atoms with van der Waals surface area (Å²) in [6.07, 6.45) is 3.26. The molecule has 176 valence electrons. The van der Waals surface area contributed by atoms with E-state index in [9.17, 15) is 0 Å². The Hall–Kier alpha value is -4.30. The second-order valence-corrected chi connectivity index (χ2v) is 8.05. The van der Waals surface area contributed by atoms with E-state index in [1.165, 1.54) is 6.33 Å². The number of aromatic amines is 1. The molecule has 0 aliphatic heterocycles. The van der Waals surface area contributed by atoms with Crippen LogP contribution in [-0.4, -0.2) is 41.3 Å². The van der Waals surface area contributed by atoms with Gasteiger partial charge >= 0.3 is 0 Å². The second kappa shape index (κ2) is 9.52. The zero-order chi connectivity index (χ0) is 24.4. The largest absolute Gasteiger partial charge is 0.497 e. The fraction of sp³-hybridized carbons (Fsp3) is 0.115. The van der Waals surface area contributed by atoms with Crippen LogP contribution in [0.2, 0.25) is 5.02 Å². The molecule has 9 heteroatoms. The van der Waals surface area contributed by atoms with Crippen LogP contribution >= 0.6 is 11.6 Å². The lowest BCUT2D eigenvalue weighted by Gasteiger charge is -2.13. The number of hydrogen-bond donors (Lipinski definition) is 2. The van der Waals surface area contributed by atoms with Gasteiger partial charge in [0.25, 0.3) is 0 Å². The lowest BCUT2D eigenvalue weighted by molar-refractivity contribution is 0.397. The molecule has 0 saturated carbocycles. The van der Waals surface area contributed by atoms with E-state index in [-0.39, 0.29) is 0 Å². The number of hydrogen-bond acceptors (Lipinski definition) is 7. The molecule has 35 heavy (non-hydrogen) atoms. The molecule has 5 rings (SSSR count). The second-order valence-electron chi connectivity index (χ2n) is 7.65. The molecule has 2 aromatic heterocycles. The third-order valence-corrected chi connectivity index (χ3v) is 5.90. The molecular weight excluding hydrogens is 466 g/mol. The van der Waals surface area contributed by atoms with Gasteiger partial charge in [0.2, 0.25) is 0 Å². The highest BCUT2D eigenvalue weighted by Crippen LogP contribution is 2.35. The number of rotatable bonds is 7. The van der Waals surface area contributed by atoms with Gasteiger partial charge in [-0.2, -0.15) is 0 Å². The molecule has 0 saturated heterocycles. The molecule has 0 bridgehead atoms. The zero-order valence-corrected chi connectivity index (χ0v) is 20.1. The van der Waals surface area contributed by atoms with Gasteiger partial charge < -0.3 is 24.5 Å². The molecule has 0 aliphatic rings. The minimum atomic E-state index is 0.568. The summed E-state index contributed by atoms with van der Waals surface area (Å²) in [5, 5.41) is 4.69. The maximum atomic E-state index is 6.54. The van der Waals surface area contributed by atoms with Crippen LogP contribution in [0.3, 0.4) is 0 Å². The summed E-state index contributed by atoms with van der Waals surface area (Å²) in [5.74, 6) is 3.27. The quantitative estimate of drug-likeness (QED) is 0.286. The van der Waals surface area contributed by atoms with E-state index in [1.54, 1.807) is 33.6 Å². The highest BCUT2D eigenvalue weighted by Gasteiger charge is 2.14. The van der Waals surface area contributed by atoms with Gasteiger partial charge in [0, 0.05) is 22.9 Å². The van der Waals surface area contributed by atoms with Crippen molar-refractivity contribution < 1.29 is 14.2 Å². The average molecular weight is 488 g/mol. The Morgan fingerprint density at radius 3 is 2.51 bits per heavy atom. The van der Waals surface area contributed by atoms with E-state index < -0.39 is 0 Å². The number of benzene rings is 3. The lowest BCUT2D eigenvalue weighted by Crippen LogP contribution is -1.99. The van der Waals surface area contributed by atoms with Gasteiger partial charge in [0.15, 0.2) is 0 Å². The standard InChI is InChI=1S/C26H22ClN5O3/c1-33-17-6-4-5-15(9-17)22-13-28-25(32-22)19-10-16(7-8-21(19)27)31-26-20-11-18(34-2)12-23(35-3)24(20)29-14-30-26/h4-14H,1-3H3,(H,28,32)(H,29,30,31). The molecule has 0 amide bonds. The van der Waals surface area contributed by atoms with Crippen LogP contribution < -0.4 is 19.5 Å². The van der Waals surface area contributed by atoms with Gasteiger partial charge in [-0.05, 0) is 36.4 Å². The Bertz CT molecular complexity index is 1520. The van der Waals surface area contributed by atoms with Crippen molar-refractivity contribution in [2.75, 3.05) is 26.6 Å². The van der Waals surface area contributed by atoms with Crippen LogP contribution in [0.15, 0.2) is 67.1 Å². The summed E-state index contributed by atoms with van der Waals surface area (Å²) >= 11 is 6.54. The van der Waals surface area contributed by atoms with Gasteiger partial charge in [-0.3, -0.25) is 0 Å². The maximum absolute atomic E-state index is 6.54. The maximum Gasteiger partial charge on any atom is 0.148 e. The van der Waals surface area contributed by atoms with Crippen LogP contribution in [-0.2, 0) is 0 Å². The van der Waals surface area contributed by atoms with Crippen molar-refractivity contribution in [3.8, 4) is 39.9 Å². The summed E-state index contributed by atoms with van der Waals surface area (Å²) in [4.78, 5) is 16.7. The molecule has 0 spiro atoms. The van der Waals surface area contributed by atoms with E-state index in [4.69, 9.17) is 25.8 Å². The molecule has 2 heterocycles. The minimum Gasteiger partial charge on any atom is -0.497 e. The number of H-pyrrole nitrogens is 1. The molecule has 0 fully saturated rings. The monoisotopic (exact) mass is 487 g/mol. The summed E-state index contributed by atoms with van der Waals surface area (Å²) < 4.78 is 16.2. The number of nitrogens with zero attached hydrogens (tertiary/aromatic N) is 3. The zero-order valence-electron chi connectivity index (χ0n) is 19.3. The molecule has 0 radical (unpaired) electrons. The first-order valence-electron chi connectivity index (χ1n) is 10.7. The molecule has 5 aromatic rings. The van der Waals surface area contributed by atoms with Crippen molar-refractivity contribution in [3.63, 3.8) is 0 Å². The van der Waals surface area contributed by atoms with Gasteiger partial charge in [-0.15, -0.1) is 0 Å². The van der Waals surface area contributed by atoms with E-state index in [1.807, 2.05) is 48.5 Å². The topological polar surface area (TPSA) is 94.2 Å². The average Bonchev–Trinajstić information content (AvgIpc) is 3.39. The Morgan fingerprint density at radius 2 is 1.71 bits per heavy atom. The first-order chi connectivity index (χ1) is 17.1. The number of fused-ring (bicyclic) bond motifs is 1. The Kier molecular flexibility index (Phi) is 6.12. The van der Waals surface area contributed by atoms with Crippen LogP contribution in [0, 0.1) is 0 Å². The number of anilines is 2. The van der Waals surface area contributed by atoms with Crippen LogP contribution in [0.25, 0.3) is 33.5 Å². The van der Waals surface area contributed by atoms with Gasteiger partial charge in [0.05, 0.1) is 43.6 Å².